The first kappa shape index (κ1) is 27.3. The summed E-state index contributed by atoms with van der Waals surface area (Å²) in [5.41, 5.74) is 1.86. The number of hydrogen-bond acceptors (Lipinski definition) is 4. The number of carbonyl (C=O) groups is 2. The standard InChI is InChI=1S/C25H34FN3O4S/c1-6-19(4)27-25(31)23(7-2)28(16-20-11-8-10-18(3)14-20)24(30)17-29(34(5,32)33)22-13-9-12-21(26)15-22/h8-15,19,23H,6-7,16-17H2,1-5H3,(H,27,31)/t19-,23+/m1/s1. The molecule has 2 aromatic carbocycles. The summed E-state index contributed by atoms with van der Waals surface area (Å²) in [6.45, 7) is 7.14. The number of rotatable bonds is 11. The predicted octanol–water partition coefficient (Wildman–Crippen LogP) is 3.62. The van der Waals surface area contributed by atoms with Crippen LogP contribution in [0, 0.1) is 12.7 Å². The van der Waals surface area contributed by atoms with E-state index in [1.54, 1.807) is 6.92 Å². The second-order valence-corrected chi connectivity index (χ2v) is 10.4. The average Bonchev–Trinajstić information content (AvgIpc) is 2.76. The summed E-state index contributed by atoms with van der Waals surface area (Å²) in [7, 11) is -3.90. The van der Waals surface area contributed by atoms with Crippen molar-refractivity contribution < 1.29 is 22.4 Å². The van der Waals surface area contributed by atoms with Crippen LogP contribution in [-0.4, -0.2) is 50.0 Å². The summed E-state index contributed by atoms with van der Waals surface area (Å²) in [5, 5.41) is 2.92. The molecule has 34 heavy (non-hydrogen) atoms. The SMILES string of the molecule is CC[C@@H](C)NC(=O)[C@H](CC)N(Cc1cccc(C)c1)C(=O)CN(c1cccc(F)c1)S(C)(=O)=O. The van der Waals surface area contributed by atoms with E-state index in [1.807, 2.05) is 45.0 Å². The van der Waals surface area contributed by atoms with E-state index in [1.165, 1.54) is 23.1 Å². The van der Waals surface area contributed by atoms with Crippen LogP contribution in [0.4, 0.5) is 10.1 Å². The van der Waals surface area contributed by atoms with E-state index in [0.717, 1.165) is 34.2 Å². The summed E-state index contributed by atoms with van der Waals surface area (Å²) in [4.78, 5) is 28.0. The molecule has 0 bridgehead atoms. The largest absolute Gasteiger partial charge is 0.352 e. The van der Waals surface area contributed by atoms with E-state index in [2.05, 4.69) is 5.32 Å². The van der Waals surface area contributed by atoms with Crippen molar-refractivity contribution in [2.45, 2.75) is 59.2 Å². The van der Waals surface area contributed by atoms with Gasteiger partial charge in [0.1, 0.15) is 18.4 Å². The smallest absolute Gasteiger partial charge is 0.244 e. The number of carbonyl (C=O) groups excluding carboxylic acids is 2. The third-order valence-corrected chi connectivity index (χ3v) is 6.74. The van der Waals surface area contributed by atoms with Gasteiger partial charge in [0.2, 0.25) is 21.8 Å². The molecule has 2 atom stereocenters. The topological polar surface area (TPSA) is 86.8 Å². The summed E-state index contributed by atoms with van der Waals surface area (Å²) < 4.78 is 39.7. The molecule has 1 N–H and O–H groups in total. The first-order valence-electron chi connectivity index (χ1n) is 11.3. The first-order chi connectivity index (χ1) is 16.0. The Kier molecular flexibility index (Phi) is 9.61. The Labute approximate surface area is 202 Å². The number of sulfonamides is 1. The van der Waals surface area contributed by atoms with Crippen molar-refractivity contribution in [3.05, 3.63) is 65.5 Å². The third-order valence-electron chi connectivity index (χ3n) is 5.60. The summed E-state index contributed by atoms with van der Waals surface area (Å²) >= 11 is 0. The van der Waals surface area contributed by atoms with E-state index in [0.29, 0.717) is 6.42 Å². The molecule has 0 saturated heterocycles. The second kappa shape index (κ2) is 12.0. The van der Waals surface area contributed by atoms with Crippen molar-refractivity contribution in [3.8, 4) is 0 Å². The normalized spacial score (nSPS) is 13.1. The second-order valence-electron chi connectivity index (χ2n) is 8.50. The van der Waals surface area contributed by atoms with Crippen LogP contribution >= 0.6 is 0 Å². The van der Waals surface area contributed by atoms with Gasteiger partial charge in [0.05, 0.1) is 11.9 Å². The van der Waals surface area contributed by atoms with Gasteiger partial charge < -0.3 is 10.2 Å². The van der Waals surface area contributed by atoms with Crippen molar-refractivity contribution in [1.29, 1.82) is 0 Å². The van der Waals surface area contributed by atoms with Crippen molar-refractivity contribution in [2.75, 3.05) is 17.1 Å². The molecule has 0 aliphatic heterocycles. The molecule has 2 aromatic rings. The lowest BCUT2D eigenvalue weighted by Gasteiger charge is -2.33. The molecule has 0 aliphatic carbocycles. The van der Waals surface area contributed by atoms with Crippen molar-refractivity contribution in [2.24, 2.45) is 0 Å². The molecule has 9 heteroatoms. The van der Waals surface area contributed by atoms with Gasteiger partial charge in [-0.25, -0.2) is 12.8 Å². The highest BCUT2D eigenvalue weighted by molar-refractivity contribution is 7.92. The predicted molar refractivity (Wildman–Crippen MR) is 132 cm³/mol. The highest BCUT2D eigenvalue weighted by atomic mass is 32.2. The Morgan fingerprint density at radius 1 is 1.06 bits per heavy atom. The van der Waals surface area contributed by atoms with E-state index >= 15 is 0 Å². The molecule has 0 aromatic heterocycles. The minimum Gasteiger partial charge on any atom is -0.352 e. The molecule has 0 radical (unpaired) electrons. The van der Waals surface area contributed by atoms with Gasteiger partial charge in [0, 0.05) is 12.6 Å². The summed E-state index contributed by atoms with van der Waals surface area (Å²) in [6, 6.07) is 11.8. The monoisotopic (exact) mass is 491 g/mol. The molecule has 0 spiro atoms. The van der Waals surface area contributed by atoms with Crippen LogP contribution < -0.4 is 9.62 Å². The van der Waals surface area contributed by atoms with Crippen LogP contribution in [0.15, 0.2) is 48.5 Å². The molecule has 0 heterocycles. The fourth-order valence-corrected chi connectivity index (χ4v) is 4.45. The summed E-state index contributed by atoms with van der Waals surface area (Å²) in [6.07, 6.45) is 2.04. The Balaban J connectivity index is 2.44. The van der Waals surface area contributed by atoms with Gasteiger partial charge in [-0.15, -0.1) is 0 Å². The molecular formula is C25H34FN3O4S. The molecule has 2 amide bonds. The number of nitrogens with one attached hydrogen (secondary N) is 1. The van der Waals surface area contributed by atoms with E-state index in [9.17, 15) is 22.4 Å². The quantitative estimate of drug-likeness (QED) is 0.520. The molecule has 2 rings (SSSR count). The minimum atomic E-state index is -3.90. The number of halogens is 1. The number of aryl methyl sites for hydroxylation is 1. The van der Waals surface area contributed by atoms with Crippen molar-refractivity contribution in [3.63, 3.8) is 0 Å². The zero-order valence-electron chi connectivity index (χ0n) is 20.4. The van der Waals surface area contributed by atoms with Crippen molar-refractivity contribution in [1.82, 2.24) is 10.2 Å². The highest BCUT2D eigenvalue weighted by Gasteiger charge is 2.32. The number of anilines is 1. The molecule has 186 valence electrons. The molecule has 0 saturated carbocycles. The molecular weight excluding hydrogens is 457 g/mol. The number of nitrogens with zero attached hydrogens (tertiary/aromatic N) is 2. The highest BCUT2D eigenvalue weighted by Crippen LogP contribution is 2.21. The maximum Gasteiger partial charge on any atom is 0.244 e. The van der Waals surface area contributed by atoms with Gasteiger partial charge in [-0.2, -0.15) is 0 Å². The van der Waals surface area contributed by atoms with Gasteiger partial charge >= 0.3 is 0 Å². The van der Waals surface area contributed by atoms with E-state index < -0.39 is 34.3 Å². The zero-order chi connectivity index (χ0) is 25.5. The van der Waals surface area contributed by atoms with Crippen LogP contribution in [0.3, 0.4) is 0 Å². The Bertz CT molecular complexity index is 1110. The van der Waals surface area contributed by atoms with Gasteiger partial charge in [-0.3, -0.25) is 13.9 Å². The van der Waals surface area contributed by atoms with E-state index in [4.69, 9.17) is 0 Å². The first-order valence-corrected chi connectivity index (χ1v) is 13.2. The lowest BCUT2D eigenvalue weighted by atomic mass is 10.1. The number of hydrogen-bond donors (Lipinski definition) is 1. The average molecular weight is 492 g/mol. The van der Waals surface area contributed by atoms with Gasteiger partial charge in [0.15, 0.2) is 0 Å². The van der Waals surface area contributed by atoms with Gasteiger partial charge in [-0.1, -0.05) is 49.7 Å². The maximum absolute atomic E-state index is 13.8. The molecule has 0 aliphatic rings. The fourth-order valence-electron chi connectivity index (χ4n) is 3.61. The van der Waals surface area contributed by atoms with Crippen molar-refractivity contribution >= 4 is 27.5 Å². The molecule has 7 nitrogen and oxygen atoms in total. The lowest BCUT2D eigenvalue weighted by molar-refractivity contribution is -0.140. The molecule has 0 fully saturated rings. The van der Waals surface area contributed by atoms with Crippen LogP contribution in [0.2, 0.25) is 0 Å². The van der Waals surface area contributed by atoms with Gasteiger partial charge in [-0.05, 0) is 50.5 Å². The van der Waals surface area contributed by atoms with Crippen LogP contribution in [0.1, 0.15) is 44.7 Å². The summed E-state index contributed by atoms with van der Waals surface area (Å²) in [5.74, 6) is -1.47. The maximum atomic E-state index is 13.8. The minimum absolute atomic E-state index is 0.0449. The Hall–Kier alpha value is -2.94. The van der Waals surface area contributed by atoms with E-state index in [-0.39, 0.29) is 24.2 Å². The lowest BCUT2D eigenvalue weighted by Crippen LogP contribution is -2.53. The Morgan fingerprint density at radius 2 is 1.74 bits per heavy atom. The van der Waals surface area contributed by atoms with Crippen LogP contribution in [-0.2, 0) is 26.2 Å². The zero-order valence-corrected chi connectivity index (χ0v) is 21.2. The van der Waals surface area contributed by atoms with Gasteiger partial charge in [0.25, 0.3) is 0 Å². The molecule has 0 unspecified atom stereocenters. The van der Waals surface area contributed by atoms with Crippen LogP contribution in [0.5, 0.6) is 0 Å². The number of amides is 2. The van der Waals surface area contributed by atoms with Crippen LogP contribution in [0.25, 0.3) is 0 Å². The fraction of sp³-hybridized carbons (Fsp3) is 0.440. The Morgan fingerprint density at radius 3 is 2.29 bits per heavy atom. The number of benzene rings is 2. The third kappa shape index (κ3) is 7.55.